The molecule has 1 aliphatic heterocycles. The van der Waals surface area contributed by atoms with Crippen LogP contribution in [0.15, 0.2) is 43.1 Å². The first kappa shape index (κ1) is 23.6. The number of aromatic nitrogens is 2. The fraction of sp³-hybridized carbons (Fsp3) is 0.250. The van der Waals surface area contributed by atoms with Gasteiger partial charge in [-0.1, -0.05) is 35.8 Å². The van der Waals surface area contributed by atoms with Crippen molar-refractivity contribution < 1.29 is 14.3 Å². The minimum absolute atomic E-state index is 0.146. The lowest BCUT2D eigenvalue weighted by Gasteiger charge is -2.17. The number of anilines is 1. The van der Waals surface area contributed by atoms with Crippen molar-refractivity contribution in [1.29, 1.82) is 5.26 Å². The summed E-state index contributed by atoms with van der Waals surface area (Å²) in [5, 5.41) is 14.1. The highest BCUT2D eigenvalue weighted by Gasteiger charge is 2.34. The number of nitrogens with one attached hydrogen (secondary N) is 1. The number of fused-ring (bicyclic) bond motifs is 1. The number of methoxy groups -OCH3 is 2. The predicted octanol–water partition coefficient (Wildman–Crippen LogP) is 4.71. The van der Waals surface area contributed by atoms with Gasteiger partial charge in [0.05, 0.1) is 35.9 Å². The molecule has 0 saturated carbocycles. The van der Waals surface area contributed by atoms with Crippen molar-refractivity contribution in [3.63, 3.8) is 0 Å². The zero-order valence-corrected chi connectivity index (χ0v) is 20.0. The quantitative estimate of drug-likeness (QED) is 0.492. The van der Waals surface area contributed by atoms with E-state index in [1.54, 1.807) is 12.3 Å². The molecule has 2 aromatic carbocycles. The largest absolute Gasteiger partial charge is 0.495 e. The smallest absolute Gasteiger partial charge is 0.247 e. The average Bonchev–Trinajstić information content (AvgIpc) is 3.26. The third-order valence-corrected chi connectivity index (χ3v) is 6.43. The zero-order valence-electron chi connectivity index (χ0n) is 18.5. The molecule has 1 saturated heterocycles. The third-order valence-electron chi connectivity index (χ3n) is 5.68. The second-order valence-electron chi connectivity index (χ2n) is 7.67. The van der Waals surface area contributed by atoms with Crippen molar-refractivity contribution in [2.24, 2.45) is 0 Å². The molecular weight excluding hydrogens is 477 g/mol. The number of halogens is 2. The Labute approximate surface area is 206 Å². The molecular formula is C24H21Cl2N5O3. The Kier molecular flexibility index (Phi) is 6.77. The second kappa shape index (κ2) is 9.75. The van der Waals surface area contributed by atoms with Crippen LogP contribution >= 0.6 is 23.2 Å². The van der Waals surface area contributed by atoms with Gasteiger partial charge in [0.1, 0.15) is 17.5 Å². The highest BCUT2D eigenvalue weighted by atomic mass is 35.5. The summed E-state index contributed by atoms with van der Waals surface area (Å²) in [5.41, 5.74) is 2.05. The van der Waals surface area contributed by atoms with Gasteiger partial charge in [0.2, 0.25) is 11.9 Å². The third kappa shape index (κ3) is 4.32. The lowest BCUT2D eigenvalue weighted by molar-refractivity contribution is -0.125. The number of amides is 1. The van der Waals surface area contributed by atoms with E-state index in [0.717, 1.165) is 10.9 Å². The van der Waals surface area contributed by atoms with Crippen LogP contribution in [0.25, 0.3) is 22.0 Å². The summed E-state index contributed by atoms with van der Waals surface area (Å²) in [6.07, 6.45) is 3.38. The van der Waals surface area contributed by atoms with E-state index in [-0.39, 0.29) is 11.9 Å². The number of likely N-dealkylation sites (tertiary alicyclic amines) is 1. The maximum atomic E-state index is 12.0. The molecule has 0 spiro atoms. The first-order valence-electron chi connectivity index (χ1n) is 10.4. The second-order valence-corrected chi connectivity index (χ2v) is 8.42. The van der Waals surface area contributed by atoms with Crippen LogP contribution in [-0.2, 0) is 4.79 Å². The molecule has 0 unspecified atom stereocenters. The maximum Gasteiger partial charge on any atom is 0.247 e. The van der Waals surface area contributed by atoms with Gasteiger partial charge in [-0.2, -0.15) is 5.26 Å². The lowest BCUT2D eigenvalue weighted by atomic mass is 10.0. The summed E-state index contributed by atoms with van der Waals surface area (Å²) >= 11 is 13.1. The van der Waals surface area contributed by atoms with Gasteiger partial charge in [0.15, 0.2) is 0 Å². The Morgan fingerprint density at radius 2 is 1.97 bits per heavy atom. The molecule has 10 heteroatoms. The number of benzene rings is 2. The Morgan fingerprint density at radius 3 is 2.59 bits per heavy atom. The van der Waals surface area contributed by atoms with Gasteiger partial charge in [-0.25, -0.2) is 9.97 Å². The molecule has 1 amide bonds. The van der Waals surface area contributed by atoms with Crippen molar-refractivity contribution in [3.8, 4) is 28.7 Å². The fourth-order valence-corrected chi connectivity index (χ4v) is 4.72. The fourth-order valence-electron chi connectivity index (χ4n) is 4.00. The number of hydrogen-bond donors (Lipinski definition) is 1. The molecule has 0 aliphatic carbocycles. The summed E-state index contributed by atoms with van der Waals surface area (Å²) in [4.78, 5) is 22.5. The molecule has 3 aromatic rings. The van der Waals surface area contributed by atoms with Crippen molar-refractivity contribution in [3.05, 3.63) is 53.2 Å². The van der Waals surface area contributed by atoms with Gasteiger partial charge in [-0.05, 0) is 23.8 Å². The predicted molar refractivity (Wildman–Crippen MR) is 131 cm³/mol. The van der Waals surface area contributed by atoms with Crippen molar-refractivity contribution in [2.45, 2.75) is 18.5 Å². The number of carbonyl (C=O) groups excluding carboxylic acids is 1. The van der Waals surface area contributed by atoms with E-state index in [9.17, 15) is 10.1 Å². The van der Waals surface area contributed by atoms with Gasteiger partial charge in [-0.3, -0.25) is 4.79 Å². The summed E-state index contributed by atoms with van der Waals surface area (Å²) < 4.78 is 10.7. The number of ether oxygens (including phenoxy) is 2. The van der Waals surface area contributed by atoms with Crippen LogP contribution in [0.3, 0.4) is 0 Å². The van der Waals surface area contributed by atoms with Crippen LogP contribution in [0.1, 0.15) is 6.42 Å². The molecule has 2 heterocycles. The van der Waals surface area contributed by atoms with Crippen molar-refractivity contribution >= 4 is 46.0 Å². The van der Waals surface area contributed by atoms with Gasteiger partial charge >= 0.3 is 0 Å². The molecule has 34 heavy (non-hydrogen) atoms. The number of hydrogen-bond acceptors (Lipinski definition) is 7. The molecule has 0 bridgehead atoms. The summed E-state index contributed by atoms with van der Waals surface area (Å²) in [5.74, 6) is 1.04. The summed E-state index contributed by atoms with van der Waals surface area (Å²) in [6.45, 7) is 3.87. The van der Waals surface area contributed by atoms with E-state index in [2.05, 4.69) is 27.9 Å². The number of rotatable bonds is 6. The van der Waals surface area contributed by atoms with E-state index in [1.807, 2.05) is 18.2 Å². The molecule has 0 radical (unpaired) electrons. The molecule has 8 nitrogen and oxygen atoms in total. The van der Waals surface area contributed by atoms with E-state index in [1.165, 1.54) is 25.2 Å². The molecule has 1 fully saturated rings. The topological polar surface area (TPSA) is 100 Å². The standard InChI is InChI=1S/C24H21Cl2N5O3/c1-4-20(32)31-12-15(8-16(31)10-27)29-24-28-11-14-7-13(5-6-17(14)30-24)21-22(25)18(33-2)9-19(34-3)23(21)26/h4-7,9,11,15-16H,1,8,12H2,2-3H3,(H,28,29,30)/t15-,16-/m0/s1. The van der Waals surface area contributed by atoms with E-state index < -0.39 is 6.04 Å². The Bertz CT molecular complexity index is 1300. The van der Waals surface area contributed by atoms with Crippen LogP contribution in [0.2, 0.25) is 10.0 Å². The molecule has 2 atom stereocenters. The van der Waals surface area contributed by atoms with Crippen LogP contribution < -0.4 is 14.8 Å². The molecule has 174 valence electrons. The molecule has 1 aromatic heterocycles. The van der Waals surface area contributed by atoms with Crippen molar-refractivity contribution in [2.75, 3.05) is 26.1 Å². The summed E-state index contributed by atoms with van der Waals surface area (Å²) in [6, 6.07) is 8.73. The minimum Gasteiger partial charge on any atom is -0.495 e. The molecule has 1 aliphatic rings. The van der Waals surface area contributed by atoms with Gasteiger partial charge in [0, 0.05) is 42.2 Å². The summed E-state index contributed by atoms with van der Waals surface area (Å²) in [7, 11) is 3.05. The monoisotopic (exact) mass is 497 g/mol. The van der Waals surface area contributed by atoms with E-state index in [0.29, 0.717) is 51.5 Å². The van der Waals surface area contributed by atoms with Crippen LogP contribution in [0.5, 0.6) is 11.5 Å². The number of carbonyl (C=O) groups is 1. The van der Waals surface area contributed by atoms with Crippen molar-refractivity contribution in [1.82, 2.24) is 14.9 Å². The first-order chi connectivity index (χ1) is 16.4. The van der Waals surface area contributed by atoms with Gasteiger partial charge < -0.3 is 19.7 Å². The zero-order chi connectivity index (χ0) is 24.4. The lowest BCUT2D eigenvalue weighted by Crippen LogP contribution is -2.34. The van der Waals surface area contributed by atoms with Gasteiger partial charge in [-0.15, -0.1) is 0 Å². The molecule has 4 rings (SSSR count). The van der Waals surface area contributed by atoms with Crippen LogP contribution in [0.4, 0.5) is 5.95 Å². The molecule has 1 N–H and O–H groups in total. The highest BCUT2D eigenvalue weighted by Crippen LogP contribution is 2.46. The Morgan fingerprint density at radius 1 is 1.26 bits per heavy atom. The SMILES string of the molecule is C=CC(=O)N1C[C@@H](Nc2ncc3cc(-c4c(Cl)c(OC)cc(OC)c4Cl)ccc3n2)C[C@H]1C#N. The highest BCUT2D eigenvalue weighted by molar-refractivity contribution is 6.41. The normalized spacial score (nSPS) is 17.3. The van der Waals surface area contributed by atoms with Gasteiger partial charge in [0.25, 0.3) is 0 Å². The Hall–Kier alpha value is -3.54. The Balaban J connectivity index is 1.62. The van der Waals surface area contributed by atoms with Crippen LogP contribution in [0, 0.1) is 11.3 Å². The first-order valence-corrected chi connectivity index (χ1v) is 11.1. The van der Waals surface area contributed by atoms with Crippen LogP contribution in [-0.4, -0.2) is 53.6 Å². The number of nitrogens with zero attached hydrogens (tertiary/aromatic N) is 4. The number of nitriles is 1. The van der Waals surface area contributed by atoms with E-state index >= 15 is 0 Å². The maximum absolute atomic E-state index is 12.0. The van der Waals surface area contributed by atoms with E-state index in [4.69, 9.17) is 32.7 Å². The average molecular weight is 498 g/mol. The minimum atomic E-state index is -0.514.